The zero-order chi connectivity index (χ0) is 23.7. The highest BCUT2D eigenvalue weighted by Gasteiger charge is 2.64. The average Bonchev–Trinajstić information content (AvgIpc) is 3.19. The van der Waals surface area contributed by atoms with E-state index in [2.05, 4.69) is 21.4 Å². The van der Waals surface area contributed by atoms with Crippen LogP contribution < -0.4 is 11.1 Å². The van der Waals surface area contributed by atoms with Crippen LogP contribution in [0.2, 0.25) is 0 Å². The van der Waals surface area contributed by atoms with E-state index in [-0.39, 0.29) is 29.4 Å². The molecule has 4 N–H and O–H groups in total. The molecule has 9 nitrogen and oxygen atoms in total. The Hall–Kier alpha value is -2.44. The zero-order valence-electron chi connectivity index (χ0n) is 19.7. The number of amides is 1. The largest absolute Gasteiger partial charge is 0.458 e. The van der Waals surface area contributed by atoms with Crippen molar-refractivity contribution in [3.63, 3.8) is 0 Å². The Kier molecular flexibility index (Phi) is 5.05. The van der Waals surface area contributed by atoms with Crippen LogP contribution in [-0.2, 0) is 20.7 Å². The van der Waals surface area contributed by atoms with E-state index < -0.39 is 17.7 Å². The van der Waals surface area contributed by atoms with Crippen LogP contribution in [0.1, 0.15) is 57.2 Å². The molecule has 4 bridgehead atoms. The third-order valence-corrected chi connectivity index (χ3v) is 9.39. The molecular weight excluding hydrogens is 432 g/mol. The molecule has 6 unspecified atom stereocenters. The summed E-state index contributed by atoms with van der Waals surface area (Å²) in [5.41, 5.74) is 5.88. The Balaban J connectivity index is 1.21. The van der Waals surface area contributed by atoms with Crippen molar-refractivity contribution in [3.8, 4) is 6.07 Å². The molecule has 2 heterocycles. The Morgan fingerprint density at radius 1 is 1.32 bits per heavy atom. The minimum Gasteiger partial charge on any atom is -0.458 e. The fourth-order valence-electron chi connectivity index (χ4n) is 8.23. The number of hydrogen-bond acceptors (Lipinski definition) is 7. The van der Waals surface area contributed by atoms with E-state index in [1.54, 1.807) is 24.3 Å². The van der Waals surface area contributed by atoms with Gasteiger partial charge in [0.25, 0.3) is 0 Å². The number of imidazole rings is 1. The van der Waals surface area contributed by atoms with E-state index in [0.29, 0.717) is 30.6 Å². The number of carbonyl (C=O) groups is 2. The van der Waals surface area contributed by atoms with Crippen molar-refractivity contribution in [1.29, 1.82) is 5.26 Å². The molecule has 9 heteroatoms. The number of likely N-dealkylation sites (N-methyl/N-ethyl adjacent to an activating group) is 1. The lowest BCUT2D eigenvalue weighted by Crippen LogP contribution is -2.66. The number of ether oxygens (including phenoxy) is 1. The first-order valence-electron chi connectivity index (χ1n) is 12.7. The van der Waals surface area contributed by atoms with Crippen molar-refractivity contribution in [2.24, 2.45) is 28.9 Å². The highest BCUT2D eigenvalue weighted by Crippen LogP contribution is 2.64. The van der Waals surface area contributed by atoms with Crippen LogP contribution in [0.25, 0.3) is 0 Å². The highest BCUT2D eigenvalue weighted by molar-refractivity contribution is 5.84. The van der Waals surface area contributed by atoms with Gasteiger partial charge in [-0.2, -0.15) is 5.26 Å². The zero-order valence-corrected chi connectivity index (χ0v) is 19.7. The first-order chi connectivity index (χ1) is 16.4. The van der Waals surface area contributed by atoms with Crippen molar-refractivity contribution in [2.45, 2.75) is 87.6 Å². The molecule has 182 valence electrons. The predicted octanol–water partition coefficient (Wildman–Crippen LogP) is 1.26. The molecular formula is C25H34N6O3. The van der Waals surface area contributed by atoms with Crippen LogP contribution in [0.5, 0.6) is 0 Å². The molecule has 6 fully saturated rings. The van der Waals surface area contributed by atoms with Crippen molar-refractivity contribution in [2.75, 3.05) is 7.05 Å². The Bertz CT molecular complexity index is 1000. The minimum absolute atomic E-state index is 0.0640. The van der Waals surface area contributed by atoms with Gasteiger partial charge in [-0.1, -0.05) is 0 Å². The number of aromatic nitrogens is 2. The van der Waals surface area contributed by atoms with Gasteiger partial charge in [0.05, 0.1) is 12.1 Å². The molecule has 0 spiro atoms. The SMILES string of the molecule is CNC(Cc1ncc[nH]1)C(=O)OC12CC3C[C@H](C1)CC([C@H](N)C(=O)N1C4CC4C[C@H]1C#N)(C3)C2. The fraction of sp³-hybridized carbons (Fsp3) is 0.760. The van der Waals surface area contributed by atoms with Gasteiger partial charge in [0, 0.05) is 24.9 Å². The summed E-state index contributed by atoms with van der Waals surface area (Å²) < 4.78 is 6.33. The second kappa shape index (κ2) is 7.79. The molecule has 7 rings (SSSR count). The number of fused-ring (bicyclic) bond motifs is 1. The molecule has 1 aromatic heterocycles. The predicted molar refractivity (Wildman–Crippen MR) is 122 cm³/mol. The summed E-state index contributed by atoms with van der Waals surface area (Å²) in [6.45, 7) is 0. The van der Waals surface area contributed by atoms with E-state index in [1.807, 2.05) is 0 Å². The summed E-state index contributed by atoms with van der Waals surface area (Å²) in [7, 11) is 1.76. The number of carbonyl (C=O) groups excluding carboxylic acids is 2. The summed E-state index contributed by atoms with van der Waals surface area (Å²) in [5.74, 6) is 1.72. The molecule has 0 radical (unpaired) electrons. The van der Waals surface area contributed by atoms with Crippen LogP contribution in [0.4, 0.5) is 0 Å². The van der Waals surface area contributed by atoms with Gasteiger partial charge in [-0.3, -0.25) is 9.59 Å². The maximum atomic E-state index is 13.6. The Labute approximate surface area is 199 Å². The number of H-pyrrole nitrogens is 1. The lowest BCUT2D eigenvalue weighted by atomic mass is 9.46. The fourth-order valence-corrected chi connectivity index (χ4v) is 8.23. The summed E-state index contributed by atoms with van der Waals surface area (Å²) in [6, 6.07) is 1.04. The third-order valence-electron chi connectivity index (χ3n) is 9.39. The van der Waals surface area contributed by atoms with E-state index in [9.17, 15) is 14.9 Å². The van der Waals surface area contributed by atoms with Gasteiger partial charge in [0.1, 0.15) is 23.5 Å². The molecule has 5 aliphatic carbocycles. The van der Waals surface area contributed by atoms with Crippen LogP contribution in [0.3, 0.4) is 0 Å². The molecule has 0 aromatic carbocycles. The minimum atomic E-state index is -0.644. The first-order valence-corrected chi connectivity index (χ1v) is 12.7. The second-order valence-electron chi connectivity index (χ2n) is 11.7. The van der Waals surface area contributed by atoms with Crippen molar-refractivity contribution in [1.82, 2.24) is 20.2 Å². The summed E-state index contributed by atoms with van der Waals surface area (Å²) in [6.07, 6.45) is 10.9. The first kappa shape index (κ1) is 22.1. The number of hydrogen-bond donors (Lipinski definition) is 3. The molecule has 1 amide bonds. The smallest absolute Gasteiger partial charge is 0.324 e. The molecule has 1 aliphatic heterocycles. The molecule has 1 aromatic rings. The van der Waals surface area contributed by atoms with Crippen LogP contribution in [0, 0.1) is 34.5 Å². The topological polar surface area (TPSA) is 137 Å². The van der Waals surface area contributed by atoms with Crippen molar-refractivity contribution >= 4 is 11.9 Å². The van der Waals surface area contributed by atoms with Crippen molar-refractivity contribution < 1.29 is 14.3 Å². The van der Waals surface area contributed by atoms with Gasteiger partial charge in [-0.05, 0) is 81.6 Å². The van der Waals surface area contributed by atoms with E-state index in [4.69, 9.17) is 10.5 Å². The number of nitriles is 1. The third kappa shape index (κ3) is 3.45. The number of aromatic amines is 1. The number of rotatable bonds is 7. The lowest BCUT2D eigenvalue weighted by Gasteiger charge is -2.62. The summed E-state index contributed by atoms with van der Waals surface area (Å²) >= 11 is 0. The normalized spacial score (nSPS) is 41.0. The lowest BCUT2D eigenvalue weighted by molar-refractivity contribution is -0.207. The summed E-state index contributed by atoms with van der Waals surface area (Å²) in [4.78, 5) is 36.0. The number of nitrogens with one attached hydrogen (secondary N) is 2. The standard InChI is InChI=1S/C25H34N6O3/c1-28-18(7-20-29-2-3-30-20)23(33)34-25-10-14-4-15(11-25)9-24(8-14,13-25)21(27)22(32)31-17(12-26)5-16-6-19(16)31/h2-3,14-19,21,28H,4-11,13,27H2,1H3,(H,29,30)/t14-,15?,16?,17-,18?,19?,21+,24?,25?/m0/s1. The Morgan fingerprint density at radius 2 is 2.09 bits per heavy atom. The van der Waals surface area contributed by atoms with Crippen LogP contribution in [-0.4, -0.2) is 63.6 Å². The number of esters is 1. The number of nitrogens with two attached hydrogens (primary N) is 1. The van der Waals surface area contributed by atoms with E-state index in [0.717, 1.165) is 50.8 Å². The number of piperidine rings is 1. The second-order valence-corrected chi connectivity index (χ2v) is 11.7. The Morgan fingerprint density at radius 3 is 2.74 bits per heavy atom. The van der Waals surface area contributed by atoms with Crippen molar-refractivity contribution in [3.05, 3.63) is 18.2 Å². The summed E-state index contributed by atoms with van der Waals surface area (Å²) in [5, 5.41) is 12.7. The molecule has 9 atom stereocenters. The van der Waals surface area contributed by atoms with E-state index >= 15 is 0 Å². The number of likely N-dealkylation sites (tertiary alicyclic amines) is 1. The maximum Gasteiger partial charge on any atom is 0.324 e. The van der Waals surface area contributed by atoms with Crippen LogP contribution in [0.15, 0.2) is 12.4 Å². The average molecular weight is 467 g/mol. The maximum absolute atomic E-state index is 13.6. The van der Waals surface area contributed by atoms with Gasteiger partial charge in [-0.25, -0.2) is 4.98 Å². The molecule has 6 aliphatic rings. The van der Waals surface area contributed by atoms with Gasteiger partial charge in [-0.15, -0.1) is 0 Å². The number of nitrogens with zero attached hydrogens (tertiary/aromatic N) is 3. The molecule has 5 saturated carbocycles. The molecule has 34 heavy (non-hydrogen) atoms. The van der Waals surface area contributed by atoms with Gasteiger partial charge >= 0.3 is 5.97 Å². The quantitative estimate of drug-likeness (QED) is 0.515. The van der Waals surface area contributed by atoms with E-state index in [1.165, 1.54) is 0 Å². The highest BCUT2D eigenvalue weighted by atomic mass is 16.6. The van der Waals surface area contributed by atoms with Gasteiger partial charge < -0.3 is 25.7 Å². The van der Waals surface area contributed by atoms with Gasteiger partial charge in [0.2, 0.25) is 5.91 Å². The monoisotopic (exact) mass is 466 g/mol. The van der Waals surface area contributed by atoms with Gasteiger partial charge in [0.15, 0.2) is 0 Å². The molecule has 1 saturated heterocycles. The van der Waals surface area contributed by atoms with Crippen LogP contribution >= 0.6 is 0 Å².